The molecule has 2 aromatic carbocycles. The van der Waals surface area contributed by atoms with Gasteiger partial charge in [-0.25, -0.2) is 9.97 Å². The van der Waals surface area contributed by atoms with Crippen LogP contribution < -0.4 is 22.9 Å². The van der Waals surface area contributed by atoms with Crippen LogP contribution in [0.5, 0.6) is 0 Å². The fourth-order valence-electron chi connectivity index (χ4n) is 2.80. The number of rotatable bonds is 4. The van der Waals surface area contributed by atoms with Crippen molar-refractivity contribution in [2.45, 2.75) is 0 Å². The summed E-state index contributed by atoms with van der Waals surface area (Å²) in [4.78, 5) is 7.96. The lowest BCUT2D eigenvalue weighted by Crippen LogP contribution is -1.95. The molecule has 2 heterocycles. The molecule has 0 unspecified atom stereocenters. The second-order valence-corrected chi connectivity index (χ2v) is 6.33. The molecule has 8 N–H and O–H groups in total. The molecule has 0 atom stereocenters. The average Bonchev–Trinajstić information content (AvgIpc) is 2.72. The van der Waals surface area contributed by atoms with Crippen molar-refractivity contribution in [2.75, 3.05) is 22.9 Å². The van der Waals surface area contributed by atoms with Gasteiger partial charge in [-0.1, -0.05) is 24.3 Å². The van der Waals surface area contributed by atoms with Gasteiger partial charge in [0.2, 0.25) is 0 Å². The zero-order valence-corrected chi connectivity index (χ0v) is 17.0. The number of pyridine rings is 2. The van der Waals surface area contributed by atoms with Gasteiger partial charge in [0, 0.05) is 10.8 Å². The monoisotopic (exact) mass is 434 g/mol. The van der Waals surface area contributed by atoms with Crippen LogP contribution >= 0.6 is 12.4 Å². The van der Waals surface area contributed by atoms with Gasteiger partial charge in [0.05, 0.1) is 11.4 Å². The summed E-state index contributed by atoms with van der Waals surface area (Å²) >= 11 is 0. The van der Waals surface area contributed by atoms with Crippen molar-refractivity contribution in [3.05, 3.63) is 60.7 Å². The van der Waals surface area contributed by atoms with Gasteiger partial charge >= 0.3 is 0 Å². The Kier molecular flexibility index (Phi) is 6.22. The Balaban J connectivity index is 0.00000272. The van der Waals surface area contributed by atoms with Crippen LogP contribution in [0.25, 0.3) is 10.8 Å². The van der Waals surface area contributed by atoms with Gasteiger partial charge in [-0.3, -0.25) is 0 Å². The maximum atomic E-state index is 5.84. The first kappa shape index (κ1) is 21.4. The smallest absolute Gasteiger partial charge is 0.153 e. The lowest BCUT2D eigenvalue weighted by molar-refractivity contribution is 1.21. The number of halogens is 1. The van der Waals surface area contributed by atoms with E-state index in [4.69, 9.17) is 22.9 Å². The molecule has 4 aromatic rings. The van der Waals surface area contributed by atoms with E-state index in [9.17, 15) is 0 Å². The zero-order chi connectivity index (χ0) is 21.1. The number of aromatic nitrogens is 2. The number of hydrogen-bond acceptors (Lipinski definition) is 10. The molecule has 0 aliphatic rings. The van der Waals surface area contributed by atoms with Gasteiger partial charge in [-0.2, -0.15) is 0 Å². The summed E-state index contributed by atoms with van der Waals surface area (Å²) in [5.74, 6) is 1.07. The Hall–Kier alpha value is -4.31. The molecular formula is C20H19ClN10. The molecule has 0 aliphatic heterocycles. The van der Waals surface area contributed by atoms with E-state index in [1.165, 1.54) is 0 Å². The van der Waals surface area contributed by atoms with Gasteiger partial charge in [0.25, 0.3) is 0 Å². The fraction of sp³-hybridized carbons (Fsp3) is 0. The summed E-state index contributed by atoms with van der Waals surface area (Å²) in [5, 5.41) is 18.8. The number of fused-ring (bicyclic) bond motifs is 1. The van der Waals surface area contributed by atoms with E-state index < -0.39 is 0 Å². The van der Waals surface area contributed by atoms with Crippen LogP contribution in [-0.4, -0.2) is 9.97 Å². The van der Waals surface area contributed by atoms with Crippen LogP contribution in [0.1, 0.15) is 0 Å². The van der Waals surface area contributed by atoms with Crippen LogP contribution in [0, 0.1) is 0 Å². The molecule has 156 valence electrons. The third-order valence-electron chi connectivity index (χ3n) is 4.25. The van der Waals surface area contributed by atoms with Crippen molar-refractivity contribution in [3.8, 4) is 0 Å². The van der Waals surface area contributed by atoms with E-state index in [2.05, 4.69) is 30.4 Å². The van der Waals surface area contributed by atoms with Gasteiger partial charge in [0.15, 0.2) is 11.6 Å². The Morgan fingerprint density at radius 2 is 0.871 bits per heavy atom. The first-order valence-electron chi connectivity index (χ1n) is 8.90. The molecule has 31 heavy (non-hydrogen) atoms. The molecule has 0 saturated carbocycles. The van der Waals surface area contributed by atoms with Gasteiger partial charge in [-0.15, -0.1) is 32.9 Å². The first-order valence-corrected chi connectivity index (χ1v) is 8.90. The normalized spacial score (nSPS) is 11.2. The second kappa shape index (κ2) is 9.01. The number of nitrogens with two attached hydrogens (primary N) is 4. The summed E-state index contributed by atoms with van der Waals surface area (Å²) in [6.45, 7) is 0. The van der Waals surface area contributed by atoms with E-state index in [1.807, 2.05) is 36.4 Å². The van der Waals surface area contributed by atoms with Gasteiger partial charge in [-0.05, 0) is 36.4 Å². The Labute approximate surface area is 183 Å². The Morgan fingerprint density at radius 3 is 1.26 bits per heavy atom. The van der Waals surface area contributed by atoms with Crippen LogP contribution in [0.4, 0.5) is 46.0 Å². The highest BCUT2D eigenvalue weighted by molar-refractivity contribution is 5.99. The number of nitrogens with zero attached hydrogens (tertiary/aromatic N) is 6. The van der Waals surface area contributed by atoms with Gasteiger partial charge in [0.1, 0.15) is 23.0 Å². The lowest BCUT2D eigenvalue weighted by atomic mass is 10.1. The minimum Gasteiger partial charge on any atom is -0.384 e. The minimum absolute atomic E-state index is 0. The van der Waals surface area contributed by atoms with E-state index >= 15 is 0 Å². The number of benzene rings is 2. The highest BCUT2D eigenvalue weighted by Crippen LogP contribution is 2.35. The summed E-state index contributed by atoms with van der Waals surface area (Å²) < 4.78 is 0. The predicted molar refractivity (Wildman–Crippen MR) is 126 cm³/mol. The summed E-state index contributed by atoms with van der Waals surface area (Å²) in [7, 11) is 0. The van der Waals surface area contributed by atoms with Crippen LogP contribution in [0.2, 0.25) is 0 Å². The van der Waals surface area contributed by atoms with Crippen molar-refractivity contribution < 1.29 is 0 Å². The summed E-state index contributed by atoms with van der Waals surface area (Å²) in [6.07, 6.45) is 0. The maximum Gasteiger partial charge on any atom is 0.153 e. The predicted octanol–water partition coefficient (Wildman–Crippen LogP) is 5.21. The molecule has 0 radical (unpaired) electrons. The van der Waals surface area contributed by atoms with E-state index in [0.29, 0.717) is 34.4 Å². The highest BCUT2D eigenvalue weighted by atomic mass is 35.5. The molecule has 4 rings (SSSR count). The number of nitrogen functional groups attached to an aromatic ring is 4. The highest BCUT2D eigenvalue weighted by Gasteiger charge is 2.06. The van der Waals surface area contributed by atoms with Crippen molar-refractivity contribution in [1.29, 1.82) is 0 Å². The maximum absolute atomic E-state index is 5.84. The summed E-state index contributed by atoms with van der Waals surface area (Å²) in [6, 6.07) is 17.8. The van der Waals surface area contributed by atoms with Crippen molar-refractivity contribution >= 4 is 69.2 Å². The van der Waals surface area contributed by atoms with Crippen LogP contribution in [0.15, 0.2) is 81.1 Å². The molecular weight excluding hydrogens is 416 g/mol. The van der Waals surface area contributed by atoms with Crippen LogP contribution in [-0.2, 0) is 0 Å². The first-order chi connectivity index (χ1) is 14.5. The molecule has 0 spiro atoms. The zero-order valence-electron chi connectivity index (χ0n) is 16.2. The molecule has 0 saturated heterocycles. The van der Waals surface area contributed by atoms with Crippen LogP contribution in [0.3, 0.4) is 0 Å². The third-order valence-corrected chi connectivity index (χ3v) is 4.25. The van der Waals surface area contributed by atoms with Gasteiger partial charge < -0.3 is 22.9 Å². The molecule has 10 nitrogen and oxygen atoms in total. The fourth-order valence-corrected chi connectivity index (χ4v) is 2.80. The molecule has 11 heteroatoms. The minimum atomic E-state index is 0. The van der Waals surface area contributed by atoms with E-state index in [-0.39, 0.29) is 24.0 Å². The summed E-state index contributed by atoms with van der Waals surface area (Å²) in [5.41, 5.74) is 25.1. The Bertz CT molecular complexity index is 1200. The van der Waals surface area contributed by atoms with Crippen molar-refractivity contribution in [1.82, 2.24) is 9.97 Å². The van der Waals surface area contributed by atoms with E-state index in [1.54, 1.807) is 24.3 Å². The number of hydrogen-bond donors (Lipinski definition) is 4. The van der Waals surface area contributed by atoms with E-state index in [0.717, 1.165) is 10.8 Å². The topological polar surface area (TPSA) is 179 Å². The number of anilines is 4. The number of azo groups is 2. The standard InChI is InChI=1S/C20H18N10.ClH/c21-17-9-7-15(19(23)25-17)29-27-13-5-1-3-11-12(13)4-2-6-14(11)28-30-16-8-10-18(22)26-20(16)24;/h1-10H,(H4,21,23,25)(H4,22,24,26);1H. The quantitative estimate of drug-likeness (QED) is 0.320. The average molecular weight is 435 g/mol. The molecule has 0 bridgehead atoms. The third kappa shape index (κ3) is 4.65. The molecule has 0 amide bonds. The largest absolute Gasteiger partial charge is 0.384 e. The second-order valence-electron chi connectivity index (χ2n) is 6.33. The Morgan fingerprint density at radius 1 is 0.484 bits per heavy atom. The SMILES string of the molecule is Cl.Nc1ccc(N=Nc2cccc3c(N=Nc4ccc(N)nc4N)cccc23)c(N)n1. The molecule has 0 fully saturated rings. The van der Waals surface area contributed by atoms with Crippen molar-refractivity contribution in [2.24, 2.45) is 20.5 Å². The molecule has 0 aliphatic carbocycles. The van der Waals surface area contributed by atoms with Crippen molar-refractivity contribution in [3.63, 3.8) is 0 Å². The molecule has 2 aromatic heterocycles. The lowest BCUT2D eigenvalue weighted by Gasteiger charge is -2.05.